The summed E-state index contributed by atoms with van der Waals surface area (Å²) in [6.07, 6.45) is 0. The fourth-order valence-corrected chi connectivity index (χ4v) is 12.3. The zero-order valence-corrected chi connectivity index (χ0v) is 32.9. The second-order valence-corrected chi connectivity index (χ2v) is 17.7. The molecule has 2 heterocycles. The van der Waals surface area contributed by atoms with Crippen molar-refractivity contribution in [3.8, 4) is 33.4 Å². The van der Waals surface area contributed by atoms with E-state index in [1.54, 1.807) is 0 Å². The van der Waals surface area contributed by atoms with Gasteiger partial charge in [0.15, 0.2) is 0 Å². The van der Waals surface area contributed by atoms with Crippen LogP contribution < -0.4 is 0 Å². The van der Waals surface area contributed by atoms with Crippen molar-refractivity contribution in [1.29, 1.82) is 0 Å². The summed E-state index contributed by atoms with van der Waals surface area (Å²) < 4.78 is 5.45. The molecule has 0 aliphatic carbocycles. The van der Waals surface area contributed by atoms with E-state index in [9.17, 15) is 0 Å². The molecule has 0 radical (unpaired) electrons. The van der Waals surface area contributed by atoms with E-state index in [0.29, 0.717) is 0 Å². The standard InChI is InChI=1S/C56H32S2/c1-2-12-34-30-38(25-21-33(34)11-1)52-42-15-5-7-17-44(42)53(45-18-8-6-16-43(45)52)39-26-23-35-29-37(24-22-36(35)31-39)48-32-51-54(41-14-4-3-13-40(41)48)47-27-28-50-55(56(47)58-51)46-19-9-10-20-49(46)57-50/h1-32H. The molecular weight excluding hydrogens is 737 g/mol. The number of thiophene rings is 2. The van der Waals surface area contributed by atoms with Gasteiger partial charge in [-0.05, 0) is 124 Å². The highest BCUT2D eigenvalue weighted by atomic mass is 32.1. The first-order valence-corrected chi connectivity index (χ1v) is 21.5. The third-order valence-electron chi connectivity index (χ3n) is 12.4. The van der Waals surface area contributed by atoms with Crippen LogP contribution in [0.15, 0.2) is 194 Å². The SMILES string of the molecule is c1ccc2cc(-c3c4ccccc4c(-c4ccc5cc(-c6cc7sc8c(ccc9sc%10ccccc%10c98)c7c7ccccc67)ccc5c4)c4ccccc34)ccc2c1. The average molecular weight is 769 g/mol. The van der Waals surface area contributed by atoms with Gasteiger partial charge in [-0.3, -0.25) is 0 Å². The maximum absolute atomic E-state index is 2.45. The molecule has 0 bridgehead atoms. The van der Waals surface area contributed by atoms with Crippen LogP contribution in [0.3, 0.4) is 0 Å². The quantitative estimate of drug-likeness (QED) is 0.157. The van der Waals surface area contributed by atoms with Crippen LogP contribution in [0.5, 0.6) is 0 Å². The lowest BCUT2D eigenvalue weighted by molar-refractivity contribution is 1.67. The van der Waals surface area contributed by atoms with Gasteiger partial charge >= 0.3 is 0 Å². The zero-order valence-electron chi connectivity index (χ0n) is 31.3. The molecule has 2 aromatic heterocycles. The van der Waals surface area contributed by atoms with Crippen molar-refractivity contribution in [3.05, 3.63) is 194 Å². The maximum Gasteiger partial charge on any atom is 0.0448 e. The Morgan fingerprint density at radius 2 is 0.759 bits per heavy atom. The molecule has 0 amide bonds. The fourth-order valence-electron chi connectivity index (χ4n) is 9.81. The summed E-state index contributed by atoms with van der Waals surface area (Å²) in [5.41, 5.74) is 7.60. The van der Waals surface area contributed by atoms with Crippen LogP contribution in [0.25, 0.3) is 128 Å². The Hall–Kier alpha value is -6.84. The predicted molar refractivity (Wildman–Crippen MR) is 256 cm³/mol. The number of benzene rings is 11. The summed E-state index contributed by atoms with van der Waals surface area (Å²) in [5, 5.41) is 18.2. The second-order valence-electron chi connectivity index (χ2n) is 15.5. The van der Waals surface area contributed by atoms with Gasteiger partial charge < -0.3 is 0 Å². The number of fused-ring (bicyclic) bond motifs is 13. The Bertz CT molecular complexity index is 3800. The fraction of sp³-hybridized carbons (Fsp3) is 0. The van der Waals surface area contributed by atoms with Gasteiger partial charge in [0.1, 0.15) is 0 Å². The third kappa shape index (κ3) is 4.68. The van der Waals surface area contributed by atoms with Crippen molar-refractivity contribution >= 4 is 117 Å². The molecule has 11 aromatic carbocycles. The molecular formula is C56H32S2. The normalized spacial score (nSPS) is 12.1. The summed E-state index contributed by atoms with van der Waals surface area (Å²) in [6, 6.07) is 72.6. The van der Waals surface area contributed by atoms with Crippen molar-refractivity contribution < 1.29 is 0 Å². The van der Waals surface area contributed by atoms with E-state index in [4.69, 9.17) is 0 Å². The average Bonchev–Trinajstić information content (AvgIpc) is 3.86. The zero-order chi connectivity index (χ0) is 37.9. The van der Waals surface area contributed by atoms with E-state index in [1.165, 1.54) is 128 Å². The van der Waals surface area contributed by atoms with Gasteiger partial charge in [0.25, 0.3) is 0 Å². The molecule has 58 heavy (non-hydrogen) atoms. The Morgan fingerprint density at radius 1 is 0.259 bits per heavy atom. The van der Waals surface area contributed by atoms with E-state index in [0.717, 1.165) is 0 Å². The minimum absolute atomic E-state index is 1.24. The summed E-state index contributed by atoms with van der Waals surface area (Å²) in [6.45, 7) is 0. The molecule has 0 nitrogen and oxygen atoms in total. The van der Waals surface area contributed by atoms with Crippen molar-refractivity contribution in [2.24, 2.45) is 0 Å². The Balaban J connectivity index is 0.983. The van der Waals surface area contributed by atoms with E-state index < -0.39 is 0 Å². The molecule has 0 N–H and O–H groups in total. The van der Waals surface area contributed by atoms with E-state index in [-0.39, 0.29) is 0 Å². The van der Waals surface area contributed by atoms with Crippen LogP contribution >= 0.6 is 22.7 Å². The molecule has 13 aromatic rings. The molecule has 0 atom stereocenters. The highest BCUT2D eigenvalue weighted by Gasteiger charge is 2.19. The Kier molecular flexibility index (Phi) is 6.86. The lowest BCUT2D eigenvalue weighted by atomic mass is 9.85. The minimum Gasteiger partial charge on any atom is -0.135 e. The van der Waals surface area contributed by atoms with Crippen LogP contribution in [0, 0.1) is 0 Å². The Morgan fingerprint density at radius 3 is 1.43 bits per heavy atom. The largest absolute Gasteiger partial charge is 0.135 e. The highest BCUT2D eigenvalue weighted by molar-refractivity contribution is 7.30. The van der Waals surface area contributed by atoms with Crippen LogP contribution in [0.2, 0.25) is 0 Å². The second kappa shape index (κ2) is 12.3. The van der Waals surface area contributed by atoms with Crippen LogP contribution in [-0.2, 0) is 0 Å². The van der Waals surface area contributed by atoms with Crippen LogP contribution in [0.4, 0.5) is 0 Å². The van der Waals surface area contributed by atoms with Crippen molar-refractivity contribution in [3.63, 3.8) is 0 Å². The van der Waals surface area contributed by atoms with Gasteiger partial charge in [-0.2, -0.15) is 0 Å². The van der Waals surface area contributed by atoms with Gasteiger partial charge in [0, 0.05) is 40.3 Å². The monoisotopic (exact) mass is 768 g/mol. The lowest BCUT2D eigenvalue weighted by Gasteiger charge is -2.18. The third-order valence-corrected chi connectivity index (χ3v) is 14.7. The van der Waals surface area contributed by atoms with Crippen molar-refractivity contribution in [2.75, 3.05) is 0 Å². The summed E-state index contributed by atoms with van der Waals surface area (Å²) in [5.74, 6) is 0. The summed E-state index contributed by atoms with van der Waals surface area (Å²) in [7, 11) is 0. The number of rotatable bonds is 3. The molecule has 0 spiro atoms. The molecule has 0 fully saturated rings. The topological polar surface area (TPSA) is 0 Å². The molecule has 0 aliphatic rings. The Labute approximate surface area is 342 Å². The molecule has 0 aliphatic heterocycles. The summed E-state index contributed by atoms with van der Waals surface area (Å²) in [4.78, 5) is 0. The maximum atomic E-state index is 2.45. The van der Waals surface area contributed by atoms with Gasteiger partial charge in [0.2, 0.25) is 0 Å². The first-order chi connectivity index (χ1) is 28.7. The highest BCUT2D eigenvalue weighted by Crippen LogP contribution is 2.49. The van der Waals surface area contributed by atoms with Crippen molar-refractivity contribution in [2.45, 2.75) is 0 Å². The number of hydrogen-bond donors (Lipinski definition) is 0. The van der Waals surface area contributed by atoms with Gasteiger partial charge in [-0.25, -0.2) is 0 Å². The molecule has 0 saturated carbocycles. The van der Waals surface area contributed by atoms with Crippen molar-refractivity contribution in [1.82, 2.24) is 0 Å². The van der Waals surface area contributed by atoms with E-state index in [2.05, 4.69) is 194 Å². The van der Waals surface area contributed by atoms with E-state index in [1.807, 2.05) is 22.7 Å². The molecule has 2 heteroatoms. The van der Waals surface area contributed by atoms with Crippen LogP contribution in [0.1, 0.15) is 0 Å². The smallest absolute Gasteiger partial charge is 0.0448 e. The summed E-state index contributed by atoms with van der Waals surface area (Å²) >= 11 is 3.84. The minimum atomic E-state index is 1.24. The first kappa shape index (κ1) is 32.3. The predicted octanol–water partition coefficient (Wildman–Crippen LogP) is 17.2. The first-order valence-electron chi connectivity index (χ1n) is 19.9. The van der Waals surface area contributed by atoms with Crippen LogP contribution in [-0.4, -0.2) is 0 Å². The molecule has 0 saturated heterocycles. The molecule has 268 valence electrons. The van der Waals surface area contributed by atoms with Gasteiger partial charge in [-0.1, -0.05) is 158 Å². The molecule has 0 unspecified atom stereocenters. The molecule has 13 rings (SSSR count). The number of hydrogen-bond acceptors (Lipinski definition) is 2. The van der Waals surface area contributed by atoms with E-state index >= 15 is 0 Å². The van der Waals surface area contributed by atoms with Gasteiger partial charge in [0.05, 0.1) is 0 Å². The van der Waals surface area contributed by atoms with Gasteiger partial charge in [-0.15, -0.1) is 22.7 Å². The lowest BCUT2D eigenvalue weighted by Crippen LogP contribution is -1.91.